The molecule has 1 aliphatic rings. The van der Waals surface area contributed by atoms with Crippen LogP contribution < -0.4 is 15.4 Å². The number of hydrogen-bond acceptors (Lipinski definition) is 6. The summed E-state index contributed by atoms with van der Waals surface area (Å²) in [7, 11) is 3.27. The minimum atomic E-state index is -0.914. The molecule has 12 heteroatoms. The van der Waals surface area contributed by atoms with Gasteiger partial charge in [0.2, 0.25) is 0 Å². The Morgan fingerprint density at radius 3 is 2.51 bits per heavy atom. The highest BCUT2D eigenvalue weighted by Gasteiger charge is 2.35. The van der Waals surface area contributed by atoms with Gasteiger partial charge in [0.15, 0.2) is 11.6 Å². The van der Waals surface area contributed by atoms with Crippen molar-refractivity contribution in [3.05, 3.63) is 114 Å². The van der Waals surface area contributed by atoms with E-state index in [1.54, 1.807) is 31.2 Å². The van der Waals surface area contributed by atoms with Crippen LogP contribution in [0.4, 0.5) is 19.4 Å². The largest absolute Gasteiger partial charge is 0.497 e. The van der Waals surface area contributed by atoms with E-state index in [-0.39, 0.29) is 12.0 Å². The molecule has 2 amide bonds. The zero-order valence-electron chi connectivity index (χ0n) is 26.5. The molecular formula is C35H37F2N7O3. The third-order valence-electron chi connectivity index (χ3n) is 8.46. The van der Waals surface area contributed by atoms with Gasteiger partial charge in [-0.05, 0) is 54.4 Å². The number of likely N-dealkylation sites (tertiary alicyclic amines) is 1. The Kier molecular flexibility index (Phi) is 9.60. The summed E-state index contributed by atoms with van der Waals surface area (Å²) in [4.78, 5) is 15.8. The molecule has 0 aliphatic carbocycles. The number of amides is 2. The van der Waals surface area contributed by atoms with Gasteiger partial charge < -0.3 is 14.8 Å². The van der Waals surface area contributed by atoms with Crippen LogP contribution in [0.2, 0.25) is 0 Å². The Bertz CT molecular complexity index is 1820. The van der Waals surface area contributed by atoms with E-state index in [2.05, 4.69) is 20.6 Å². The molecule has 2 N–H and O–H groups in total. The molecule has 244 valence electrons. The number of hydrogen-bond donors (Lipinski definition) is 2. The predicted octanol–water partition coefficient (Wildman–Crippen LogP) is 5.62. The number of ether oxygens (including phenoxy) is 2. The van der Waals surface area contributed by atoms with E-state index < -0.39 is 17.7 Å². The van der Waals surface area contributed by atoms with Gasteiger partial charge in [-0.1, -0.05) is 36.4 Å². The smallest absolute Gasteiger partial charge is 0.320 e. The molecule has 0 spiro atoms. The van der Waals surface area contributed by atoms with Crippen LogP contribution in [0.5, 0.6) is 5.75 Å². The highest BCUT2D eigenvalue weighted by molar-refractivity contribution is 5.91. The SMILES string of the molecule is COCCN1C[C@@H](NC(=O)Nc2c(C)c(-c3cnn(Cc4ccc(OC)cc4)c3)nn2-c2ccccc2)[C@H](c2ccc(F)c(F)c2)C1. The summed E-state index contributed by atoms with van der Waals surface area (Å²) in [6, 6.07) is 20.5. The first-order valence-electron chi connectivity index (χ1n) is 15.4. The molecule has 0 bridgehead atoms. The van der Waals surface area contributed by atoms with Crippen LogP contribution in [-0.2, 0) is 11.3 Å². The maximum absolute atomic E-state index is 14.2. The molecule has 3 aromatic carbocycles. The summed E-state index contributed by atoms with van der Waals surface area (Å²) in [5.41, 5.74) is 4.70. The Hall–Kier alpha value is -5.07. The predicted molar refractivity (Wildman–Crippen MR) is 175 cm³/mol. The fraction of sp³-hybridized carbons (Fsp3) is 0.286. The van der Waals surface area contributed by atoms with Crippen molar-refractivity contribution in [3.63, 3.8) is 0 Å². The van der Waals surface area contributed by atoms with Gasteiger partial charge >= 0.3 is 6.03 Å². The molecule has 2 atom stereocenters. The molecule has 10 nitrogen and oxygen atoms in total. The third kappa shape index (κ3) is 7.18. The standard InChI is InChI=1S/C35H37F2N7O3/c1-23-33(26-18-38-43(20-26)19-24-9-12-28(47-3)13-10-24)41-44(27-7-5-4-6-8-27)34(23)40-35(45)39-32-22-42(15-16-46-2)21-29(32)25-11-14-30(36)31(37)17-25/h4-14,17-18,20,29,32H,15-16,19,21-22H2,1-3H3,(H2,39,40,45)/t29-,32+/m0/s1. The van der Waals surface area contributed by atoms with Crippen molar-refractivity contribution in [2.45, 2.75) is 25.4 Å². The number of methoxy groups -OCH3 is 2. The van der Waals surface area contributed by atoms with Gasteiger partial charge in [0.05, 0.1) is 38.2 Å². The average Bonchev–Trinajstić information content (AvgIpc) is 3.80. The van der Waals surface area contributed by atoms with Crippen molar-refractivity contribution in [3.8, 4) is 22.7 Å². The lowest BCUT2D eigenvalue weighted by Crippen LogP contribution is -2.42. The molecule has 2 aromatic heterocycles. The number of benzene rings is 3. The fourth-order valence-corrected chi connectivity index (χ4v) is 5.99. The summed E-state index contributed by atoms with van der Waals surface area (Å²) in [6.45, 7) is 4.72. The number of aromatic nitrogens is 4. The van der Waals surface area contributed by atoms with Gasteiger partial charge in [-0.25, -0.2) is 18.3 Å². The number of carbonyl (C=O) groups excluding carboxylic acids is 1. The Morgan fingerprint density at radius 2 is 1.79 bits per heavy atom. The quantitative estimate of drug-likeness (QED) is 0.195. The molecule has 3 heterocycles. The van der Waals surface area contributed by atoms with Crippen LogP contribution in [0.15, 0.2) is 85.2 Å². The highest BCUT2D eigenvalue weighted by atomic mass is 19.2. The first-order chi connectivity index (χ1) is 22.8. The zero-order chi connectivity index (χ0) is 32.9. The highest BCUT2D eigenvalue weighted by Crippen LogP contribution is 2.32. The van der Waals surface area contributed by atoms with Crippen molar-refractivity contribution in [2.75, 3.05) is 45.8 Å². The van der Waals surface area contributed by atoms with Crippen LogP contribution in [0.25, 0.3) is 16.9 Å². The Morgan fingerprint density at radius 1 is 1.00 bits per heavy atom. The number of rotatable bonds is 11. The van der Waals surface area contributed by atoms with Crippen LogP contribution in [0, 0.1) is 18.6 Å². The summed E-state index contributed by atoms with van der Waals surface area (Å²) < 4.78 is 42.0. The normalized spacial score (nSPS) is 16.4. The number of para-hydroxylation sites is 1. The summed E-state index contributed by atoms with van der Waals surface area (Å²) in [6.07, 6.45) is 3.69. The van der Waals surface area contributed by atoms with Crippen molar-refractivity contribution in [2.24, 2.45) is 0 Å². The van der Waals surface area contributed by atoms with E-state index in [1.165, 1.54) is 6.07 Å². The first kappa shape index (κ1) is 31.9. The van der Waals surface area contributed by atoms with Gasteiger partial charge in [-0.3, -0.25) is 14.9 Å². The molecular weight excluding hydrogens is 604 g/mol. The van der Waals surface area contributed by atoms with Gasteiger partial charge in [0.25, 0.3) is 0 Å². The minimum Gasteiger partial charge on any atom is -0.497 e. The lowest BCUT2D eigenvalue weighted by molar-refractivity contribution is 0.159. The molecule has 1 fully saturated rings. The van der Waals surface area contributed by atoms with Gasteiger partial charge in [-0.15, -0.1) is 0 Å². The van der Waals surface area contributed by atoms with Crippen LogP contribution >= 0.6 is 0 Å². The molecule has 0 saturated carbocycles. The Labute approximate surface area is 271 Å². The van der Waals surface area contributed by atoms with Gasteiger partial charge in [0, 0.05) is 50.0 Å². The maximum atomic E-state index is 14.2. The first-order valence-corrected chi connectivity index (χ1v) is 15.4. The van der Waals surface area contributed by atoms with E-state index in [1.807, 2.05) is 72.4 Å². The van der Waals surface area contributed by atoms with E-state index in [9.17, 15) is 13.6 Å². The Balaban J connectivity index is 1.25. The molecule has 47 heavy (non-hydrogen) atoms. The topological polar surface area (TPSA) is 98.5 Å². The number of urea groups is 1. The minimum absolute atomic E-state index is 0.250. The molecule has 1 aliphatic heterocycles. The lowest BCUT2D eigenvalue weighted by Gasteiger charge is -2.21. The van der Waals surface area contributed by atoms with Crippen molar-refractivity contribution in [1.29, 1.82) is 0 Å². The number of nitrogens with one attached hydrogen (secondary N) is 2. The van der Waals surface area contributed by atoms with Crippen LogP contribution in [0.1, 0.15) is 22.6 Å². The number of nitrogens with zero attached hydrogens (tertiary/aromatic N) is 5. The van der Waals surface area contributed by atoms with Crippen LogP contribution in [0.3, 0.4) is 0 Å². The zero-order valence-corrected chi connectivity index (χ0v) is 26.5. The number of halogens is 2. The van der Waals surface area contributed by atoms with Crippen molar-refractivity contribution < 1.29 is 23.0 Å². The third-order valence-corrected chi connectivity index (χ3v) is 8.46. The van der Waals surface area contributed by atoms with Gasteiger partial charge in [-0.2, -0.15) is 10.2 Å². The van der Waals surface area contributed by atoms with E-state index >= 15 is 0 Å². The van der Waals surface area contributed by atoms with Gasteiger partial charge in [0.1, 0.15) is 17.3 Å². The average molecular weight is 642 g/mol. The second-order valence-electron chi connectivity index (χ2n) is 11.6. The number of anilines is 1. The molecule has 5 aromatic rings. The number of carbonyl (C=O) groups is 1. The summed E-state index contributed by atoms with van der Waals surface area (Å²) in [5, 5.41) is 15.6. The van der Waals surface area contributed by atoms with E-state index in [0.717, 1.165) is 34.2 Å². The second-order valence-corrected chi connectivity index (χ2v) is 11.6. The lowest BCUT2D eigenvalue weighted by atomic mass is 9.94. The molecule has 1 saturated heterocycles. The molecule has 6 rings (SSSR count). The maximum Gasteiger partial charge on any atom is 0.320 e. The van der Waals surface area contributed by atoms with Crippen molar-refractivity contribution in [1.82, 2.24) is 29.8 Å². The van der Waals surface area contributed by atoms with E-state index in [0.29, 0.717) is 49.9 Å². The molecule has 0 unspecified atom stereocenters. The molecule has 0 radical (unpaired) electrons. The second kappa shape index (κ2) is 14.1. The van der Waals surface area contributed by atoms with Crippen LogP contribution in [-0.4, -0.2) is 77.0 Å². The summed E-state index contributed by atoms with van der Waals surface area (Å²) in [5.74, 6) is -0.775. The summed E-state index contributed by atoms with van der Waals surface area (Å²) >= 11 is 0. The van der Waals surface area contributed by atoms with E-state index in [4.69, 9.17) is 14.6 Å². The van der Waals surface area contributed by atoms with Crippen molar-refractivity contribution >= 4 is 11.8 Å². The monoisotopic (exact) mass is 641 g/mol. The fourth-order valence-electron chi connectivity index (χ4n) is 5.99.